The maximum absolute atomic E-state index is 12.1. The van der Waals surface area contributed by atoms with E-state index in [-0.39, 0.29) is 5.75 Å². The number of pyridine rings is 1. The van der Waals surface area contributed by atoms with E-state index in [4.69, 9.17) is 5.11 Å². The molecular formula is C10H14F2N2O3S. The van der Waals surface area contributed by atoms with Gasteiger partial charge in [0.15, 0.2) is 0 Å². The molecular weight excluding hydrogens is 266 g/mol. The van der Waals surface area contributed by atoms with Crippen molar-refractivity contribution in [3.05, 3.63) is 30.1 Å². The third-order valence-corrected chi connectivity index (χ3v) is 4.08. The summed E-state index contributed by atoms with van der Waals surface area (Å²) in [5.74, 6) is -0.340. The fraction of sp³-hybridized carbons (Fsp3) is 0.500. The number of aliphatic hydroxyl groups excluding tert-OH is 1. The summed E-state index contributed by atoms with van der Waals surface area (Å²) < 4.78 is 48.6. The molecule has 0 amide bonds. The fourth-order valence-electron chi connectivity index (χ4n) is 1.26. The van der Waals surface area contributed by atoms with Gasteiger partial charge in [-0.1, -0.05) is 6.07 Å². The molecule has 0 saturated carbocycles. The first-order valence-electron chi connectivity index (χ1n) is 5.12. The molecule has 0 aromatic carbocycles. The van der Waals surface area contributed by atoms with Crippen LogP contribution < -0.4 is 0 Å². The number of nitrogens with zero attached hydrogens (tertiary/aromatic N) is 2. The summed E-state index contributed by atoms with van der Waals surface area (Å²) in [6.07, 6.45) is -2.07. The van der Waals surface area contributed by atoms with Crippen molar-refractivity contribution in [3.8, 4) is 0 Å². The van der Waals surface area contributed by atoms with Crippen molar-refractivity contribution in [3.63, 3.8) is 0 Å². The number of likely N-dealkylation sites (N-methyl/N-ethyl adjacent to an activating group) is 1. The van der Waals surface area contributed by atoms with Gasteiger partial charge in [-0.05, 0) is 11.6 Å². The summed E-state index contributed by atoms with van der Waals surface area (Å²) in [5, 5.41) is 8.96. The van der Waals surface area contributed by atoms with E-state index in [1.165, 1.54) is 12.4 Å². The zero-order valence-corrected chi connectivity index (χ0v) is 10.5. The number of sulfonamides is 1. The number of hydrogen-bond donors (Lipinski definition) is 1. The van der Waals surface area contributed by atoms with Crippen molar-refractivity contribution in [1.29, 1.82) is 0 Å². The summed E-state index contributed by atoms with van der Waals surface area (Å²) >= 11 is 0. The van der Waals surface area contributed by atoms with Crippen LogP contribution in [0, 0.1) is 0 Å². The molecule has 1 heterocycles. The van der Waals surface area contributed by atoms with E-state index >= 15 is 0 Å². The normalized spacial score (nSPS) is 14.1. The minimum absolute atomic E-state index is 0.340. The molecule has 1 aromatic rings. The lowest BCUT2D eigenvalue weighted by Crippen LogP contribution is -2.38. The molecule has 0 saturated heterocycles. The second kappa shape index (κ2) is 6.17. The first-order valence-corrected chi connectivity index (χ1v) is 6.73. The van der Waals surface area contributed by atoms with Crippen LogP contribution in [-0.2, 0) is 15.8 Å². The molecule has 1 N–H and O–H groups in total. The lowest BCUT2D eigenvalue weighted by molar-refractivity contribution is -0.0107. The Bertz CT molecular complexity index is 467. The molecule has 1 rings (SSSR count). The van der Waals surface area contributed by atoms with E-state index in [9.17, 15) is 17.2 Å². The number of rotatable bonds is 6. The van der Waals surface area contributed by atoms with Gasteiger partial charge in [-0.2, -0.15) is 0 Å². The van der Waals surface area contributed by atoms with Crippen LogP contribution in [0.4, 0.5) is 8.78 Å². The molecule has 1 aromatic heterocycles. The Morgan fingerprint density at radius 3 is 2.67 bits per heavy atom. The average molecular weight is 280 g/mol. The SMILES string of the molecule is CN(CC(O)C(F)F)S(=O)(=O)Cc1cccnc1. The molecule has 102 valence electrons. The summed E-state index contributed by atoms with van der Waals surface area (Å²) in [5.41, 5.74) is 0.455. The molecule has 0 spiro atoms. The first-order chi connectivity index (χ1) is 8.33. The Morgan fingerprint density at radius 1 is 1.50 bits per heavy atom. The molecule has 5 nitrogen and oxygen atoms in total. The highest BCUT2D eigenvalue weighted by molar-refractivity contribution is 7.88. The predicted molar refractivity (Wildman–Crippen MR) is 61.5 cm³/mol. The van der Waals surface area contributed by atoms with Crippen molar-refractivity contribution in [2.45, 2.75) is 18.3 Å². The smallest absolute Gasteiger partial charge is 0.265 e. The first kappa shape index (κ1) is 14.9. The van der Waals surface area contributed by atoms with Gasteiger partial charge in [0.2, 0.25) is 10.0 Å². The summed E-state index contributed by atoms with van der Waals surface area (Å²) in [7, 11) is -2.59. The third-order valence-electron chi connectivity index (χ3n) is 2.28. The van der Waals surface area contributed by atoms with Crippen molar-refractivity contribution in [2.75, 3.05) is 13.6 Å². The Hall–Kier alpha value is -1.12. The minimum atomic E-state index is -3.74. The molecule has 8 heteroatoms. The van der Waals surface area contributed by atoms with Crippen LogP contribution in [0.5, 0.6) is 0 Å². The van der Waals surface area contributed by atoms with Crippen LogP contribution in [-0.4, -0.2) is 48.9 Å². The summed E-state index contributed by atoms with van der Waals surface area (Å²) in [4.78, 5) is 3.76. The molecule has 0 radical (unpaired) electrons. The van der Waals surface area contributed by atoms with E-state index in [0.29, 0.717) is 5.56 Å². The van der Waals surface area contributed by atoms with E-state index in [1.807, 2.05) is 0 Å². The van der Waals surface area contributed by atoms with Crippen molar-refractivity contribution in [1.82, 2.24) is 9.29 Å². The zero-order valence-electron chi connectivity index (χ0n) is 9.70. The number of hydrogen-bond acceptors (Lipinski definition) is 4. The quantitative estimate of drug-likeness (QED) is 0.822. The highest BCUT2D eigenvalue weighted by atomic mass is 32.2. The Morgan fingerprint density at radius 2 is 2.17 bits per heavy atom. The van der Waals surface area contributed by atoms with Gasteiger partial charge in [-0.15, -0.1) is 0 Å². The Labute approximate surface area is 104 Å². The van der Waals surface area contributed by atoms with E-state index in [0.717, 1.165) is 11.4 Å². The molecule has 0 bridgehead atoms. The lowest BCUT2D eigenvalue weighted by atomic mass is 10.3. The Balaban J connectivity index is 2.69. The van der Waals surface area contributed by atoms with Crippen LogP contribution >= 0.6 is 0 Å². The van der Waals surface area contributed by atoms with Crippen molar-refractivity contribution >= 4 is 10.0 Å². The van der Waals surface area contributed by atoms with Gasteiger partial charge in [-0.25, -0.2) is 21.5 Å². The molecule has 1 atom stereocenters. The largest absolute Gasteiger partial charge is 0.386 e. The molecule has 18 heavy (non-hydrogen) atoms. The van der Waals surface area contributed by atoms with Crippen LogP contribution in [0.1, 0.15) is 5.56 Å². The number of alkyl halides is 2. The number of aromatic nitrogens is 1. The molecule has 1 unspecified atom stereocenters. The maximum atomic E-state index is 12.1. The van der Waals surface area contributed by atoms with E-state index < -0.39 is 29.1 Å². The monoisotopic (exact) mass is 280 g/mol. The molecule has 0 aliphatic rings. The highest BCUT2D eigenvalue weighted by Crippen LogP contribution is 2.10. The van der Waals surface area contributed by atoms with Crippen molar-refractivity contribution in [2.24, 2.45) is 0 Å². The van der Waals surface area contributed by atoms with E-state index in [1.54, 1.807) is 12.1 Å². The minimum Gasteiger partial charge on any atom is -0.386 e. The molecule has 0 fully saturated rings. The van der Waals surface area contributed by atoms with Crippen LogP contribution in [0.25, 0.3) is 0 Å². The third kappa shape index (κ3) is 4.28. The zero-order chi connectivity index (χ0) is 13.8. The van der Waals surface area contributed by atoms with Gasteiger partial charge in [0.25, 0.3) is 6.43 Å². The second-order valence-corrected chi connectivity index (χ2v) is 5.88. The van der Waals surface area contributed by atoms with Gasteiger partial charge in [0.05, 0.1) is 5.75 Å². The maximum Gasteiger partial charge on any atom is 0.265 e. The van der Waals surface area contributed by atoms with Crippen LogP contribution in [0.2, 0.25) is 0 Å². The predicted octanol–water partition coefficient (Wildman–Crippen LogP) is 0.469. The van der Waals surface area contributed by atoms with Gasteiger partial charge in [0, 0.05) is 26.0 Å². The van der Waals surface area contributed by atoms with Crippen molar-refractivity contribution < 1.29 is 22.3 Å². The van der Waals surface area contributed by atoms with Gasteiger partial charge >= 0.3 is 0 Å². The summed E-state index contributed by atoms with van der Waals surface area (Å²) in [6, 6.07) is 3.15. The highest BCUT2D eigenvalue weighted by Gasteiger charge is 2.25. The molecule has 0 aliphatic heterocycles. The Kier molecular flexibility index (Phi) is 5.12. The fourth-order valence-corrected chi connectivity index (χ4v) is 2.45. The standard InChI is InChI=1S/C10H14F2N2O3S/c1-14(6-9(15)10(11)12)18(16,17)7-8-3-2-4-13-5-8/h2-5,9-10,15H,6-7H2,1H3. The molecule has 0 aliphatic carbocycles. The van der Waals surface area contributed by atoms with Gasteiger partial charge in [-0.3, -0.25) is 4.98 Å². The number of halogens is 2. The second-order valence-electron chi connectivity index (χ2n) is 3.80. The average Bonchev–Trinajstić information content (AvgIpc) is 2.29. The van der Waals surface area contributed by atoms with E-state index in [2.05, 4.69) is 4.98 Å². The van der Waals surface area contributed by atoms with Gasteiger partial charge < -0.3 is 5.11 Å². The topological polar surface area (TPSA) is 70.5 Å². The van der Waals surface area contributed by atoms with Crippen LogP contribution in [0.3, 0.4) is 0 Å². The number of aliphatic hydroxyl groups is 1. The van der Waals surface area contributed by atoms with Crippen LogP contribution in [0.15, 0.2) is 24.5 Å². The van der Waals surface area contributed by atoms with Gasteiger partial charge in [0.1, 0.15) is 6.10 Å². The lowest BCUT2D eigenvalue weighted by Gasteiger charge is -2.20. The summed E-state index contributed by atoms with van der Waals surface area (Å²) in [6.45, 7) is -0.639.